The summed E-state index contributed by atoms with van der Waals surface area (Å²) in [6.45, 7) is 0.436. The molecule has 20 nitrogen and oxygen atoms in total. The van der Waals surface area contributed by atoms with Crippen LogP contribution < -0.4 is 0 Å². The second-order valence-electron chi connectivity index (χ2n) is 17.8. The van der Waals surface area contributed by atoms with Gasteiger partial charge in [-0.25, -0.2) is 4.79 Å². The maximum Gasteiger partial charge on any atom is 0.338 e. The van der Waals surface area contributed by atoms with Crippen molar-refractivity contribution < 1.29 is 98.2 Å². The lowest BCUT2D eigenvalue weighted by molar-refractivity contribution is -0.397. The fraction of sp³-hybridized carbons (Fsp3) is 0.769. The Hall–Kier alpha value is -2.77. The van der Waals surface area contributed by atoms with Crippen LogP contribution in [0.3, 0.4) is 0 Å². The molecule has 4 heterocycles. The molecule has 10 aliphatic rings. The van der Waals surface area contributed by atoms with Gasteiger partial charge in [0.1, 0.15) is 89.0 Å². The largest absolute Gasteiger partial charge is 0.461 e. The molecular weight excluding hydrogens is 788 g/mol. The molecular formula is C39H50O20. The second kappa shape index (κ2) is 13.9. The van der Waals surface area contributed by atoms with E-state index in [9.17, 15) is 60.3 Å². The number of esters is 2. The summed E-state index contributed by atoms with van der Waals surface area (Å²) >= 11 is 0. The Morgan fingerprint density at radius 3 is 2.05 bits per heavy atom. The first-order chi connectivity index (χ1) is 27.9. The molecule has 4 saturated heterocycles. The highest BCUT2D eigenvalue weighted by Crippen LogP contribution is 2.75. The van der Waals surface area contributed by atoms with Gasteiger partial charge in [0.05, 0.1) is 36.9 Å². The molecule has 6 unspecified atom stereocenters. The Morgan fingerprint density at radius 1 is 0.780 bits per heavy atom. The molecule has 326 valence electrons. The van der Waals surface area contributed by atoms with Crippen molar-refractivity contribution in [2.75, 3.05) is 26.4 Å². The summed E-state index contributed by atoms with van der Waals surface area (Å²) in [5, 5.41) is 96.7. The van der Waals surface area contributed by atoms with E-state index >= 15 is 0 Å². The van der Waals surface area contributed by atoms with E-state index in [1.807, 2.05) is 0 Å². The van der Waals surface area contributed by atoms with Crippen LogP contribution in [-0.2, 0) is 47.5 Å². The van der Waals surface area contributed by atoms with Crippen molar-refractivity contribution >= 4 is 17.7 Å². The van der Waals surface area contributed by atoms with Crippen LogP contribution in [0.5, 0.6) is 0 Å². The highest BCUT2D eigenvalue weighted by atomic mass is 16.8. The van der Waals surface area contributed by atoms with Gasteiger partial charge in [0, 0.05) is 24.7 Å². The first kappa shape index (κ1) is 41.6. The SMILES string of the molecule is CC12C[C@@H](O)C3CC1(O[C@@H]1O[C@H](COC4O[C@]5(C)CC(=O)C6C[C@@]5(O[C@@H]5O[C@H](CO)[C@@H](O)[C@H](O)[C@H]5O)[C@]46COC(=O)c4ccccc4)[C@@H](O)[C@H](O)[C@H]1O)C3(CO)C(=O)O2. The summed E-state index contributed by atoms with van der Waals surface area (Å²) in [4.78, 5) is 40.4. The number of Topliss-reactive ketones (excluding diaryl/α,β-unsaturated/α-hetero) is 1. The summed E-state index contributed by atoms with van der Waals surface area (Å²) < 4.78 is 49.1. The van der Waals surface area contributed by atoms with Crippen molar-refractivity contribution in [2.24, 2.45) is 22.7 Å². The summed E-state index contributed by atoms with van der Waals surface area (Å²) in [6.07, 6.45) is -19.9. The van der Waals surface area contributed by atoms with Gasteiger partial charge in [0.2, 0.25) is 0 Å². The van der Waals surface area contributed by atoms with Gasteiger partial charge in [0.15, 0.2) is 18.9 Å². The van der Waals surface area contributed by atoms with Crippen molar-refractivity contribution in [3.05, 3.63) is 35.9 Å². The highest BCUT2D eigenvalue weighted by molar-refractivity contribution is 5.90. The lowest BCUT2D eigenvalue weighted by Crippen LogP contribution is -2.80. The molecule has 1 aromatic carbocycles. The summed E-state index contributed by atoms with van der Waals surface area (Å²) in [7, 11) is 0. The van der Waals surface area contributed by atoms with Crippen LogP contribution in [-0.4, -0.2) is 186 Å². The minimum atomic E-state index is -1.89. The molecule has 8 bridgehead atoms. The zero-order valence-electron chi connectivity index (χ0n) is 32.1. The molecule has 10 fully saturated rings. The zero-order chi connectivity index (χ0) is 42.2. The van der Waals surface area contributed by atoms with Crippen molar-refractivity contribution in [1.29, 1.82) is 0 Å². The van der Waals surface area contributed by atoms with Crippen LogP contribution in [0, 0.1) is 22.7 Å². The van der Waals surface area contributed by atoms with Gasteiger partial charge in [-0.15, -0.1) is 0 Å². The number of hydrogen-bond acceptors (Lipinski definition) is 20. The topological polar surface area (TPSA) is 307 Å². The first-order valence-electron chi connectivity index (χ1n) is 19.8. The molecule has 6 saturated carbocycles. The van der Waals surface area contributed by atoms with E-state index in [1.165, 1.54) is 19.1 Å². The van der Waals surface area contributed by atoms with Gasteiger partial charge in [0.25, 0.3) is 0 Å². The fourth-order valence-corrected chi connectivity index (χ4v) is 11.9. The average Bonchev–Trinajstić information content (AvgIpc) is 3.33. The molecule has 20 heteroatoms. The number of aliphatic hydroxyl groups excluding tert-OH is 9. The number of rotatable bonds is 12. The number of fused-ring (bicyclic) bond motifs is 2. The maximum atomic E-state index is 13.8. The van der Waals surface area contributed by atoms with Crippen LogP contribution in [0.2, 0.25) is 0 Å². The standard InChI is InChI=1S/C39H50O20/c1-34-10-19(42)17-8-38(34,36(17,14-41)32(51)58-34)56-31-28(49)26(47)24(45)22(55-31)13-52-33-37(15-53-29(50)16-6-4-3-5-7-16)18-9-39(37,35(2,59-33)11-20(18)43)57-30-27(48)25(46)23(44)21(12-40)54-30/h3-7,17-19,21-28,30-31,33,40-42,44-49H,8-15H2,1-2H3/t17?,18?,19-,21-,22-,23-,24-,25+,26+,27-,28-,30+,31+,33?,34?,35-,36?,37+,38?,39+/m1/s1. The van der Waals surface area contributed by atoms with Crippen LogP contribution >= 0.6 is 0 Å². The predicted molar refractivity (Wildman–Crippen MR) is 187 cm³/mol. The number of aliphatic hydroxyl groups is 9. The van der Waals surface area contributed by atoms with E-state index in [-0.39, 0.29) is 37.0 Å². The molecule has 0 spiro atoms. The molecule has 6 aliphatic carbocycles. The number of carbonyl (C=O) groups excluding carboxylic acids is 3. The Morgan fingerprint density at radius 2 is 1.41 bits per heavy atom. The average molecular weight is 839 g/mol. The molecule has 11 rings (SSSR count). The molecule has 59 heavy (non-hydrogen) atoms. The summed E-state index contributed by atoms with van der Waals surface area (Å²) in [5.74, 6) is -3.50. The number of benzene rings is 1. The van der Waals surface area contributed by atoms with Crippen LogP contribution in [0.4, 0.5) is 0 Å². The normalized spacial score (nSPS) is 53.0. The second-order valence-corrected chi connectivity index (χ2v) is 17.8. The number of hydrogen-bond donors (Lipinski definition) is 9. The third kappa shape index (κ3) is 5.21. The summed E-state index contributed by atoms with van der Waals surface area (Å²) in [5.41, 5.74) is -9.44. The van der Waals surface area contributed by atoms with E-state index in [0.717, 1.165) is 0 Å². The minimum absolute atomic E-state index is 0.0345. The van der Waals surface area contributed by atoms with E-state index in [2.05, 4.69) is 0 Å². The number of ether oxygens (including phenoxy) is 8. The third-order valence-electron chi connectivity index (χ3n) is 15.1. The van der Waals surface area contributed by atoms with E-state index < -0.39 is 157 Å². The fourth-order valence-electron chi connectivity index (χ4n) is 11.9. The molecule has 0 amide bonds. The predicted octanol–water partition coefficient (Wildman–Crippen LogP) is -3.85. The molecule has 0 radical (unpaired) electrons. The van der Waals surface area contributed by atoms with Gasteiger partial charge in [-0.05, 0) is 38.8 Å². The monoisotopic (exact) mass is 838 g/mol. The van der Waals surface area contributed by atoms with Gasteiger partial charge < -0.3 is 83.9 Å². The molecule has 9 N–H and O–H groups in total. The van der Waals surface area contributed by atoms with Crippen molar-refractivity contribution in [1.82, 2.24) is 0 Å². The number of carbonyl (C=O) groups is 3. The van der Waals surface area contributed by atoms with Crippen LogP contribution in [0.15, 0.2) is 30.3 Å². The van der Waals surface area contributed by atoms with Gasteiger partial charge in [-0.3, -0.25) is 9.59 Å². The molecule has 20 atom stereocenters. The molecule has 0 aromatic heterocycles. The summed E-state index contributed by atoms with van der Waals surface area (Å²) in [6, 6.07) is 7.99. The van der Waals surface area contributed by atoms with Gasteiger partial charge in [-0.2, -0.15) is 0 Å². The quantitative estimate of drug-likeness (QED) is 0.0911. The first-order valence-corrected chi connectivity index (χ1v) is 19.8. The Balaban J connectivity index is 1.01. The Labute approximate surface area is 336 Å². The van der Waals surface area contributed by atoms with Crippen molar-refractivity contribution in [3.8, 4) is 0 Å². The lowest BCUT2D eigenvalue weighted by Gasteiger charge is -2.66. The zero-order valence-corrected chi connectivity index (χ0v) is 32.1. The highest BCUT2D eigenvalue weighted by Gasteiger charge is 2.89. The molecule has 1 aromatic rings. The Kier molecular flexibility index (Phi) is 9.77. The minimum Gasteiger partial charge on any atom is -0.461 e. The third-order valence-corrected chi connectivity index (χ3v) is 15.1. The van der Waals surface area contributed by atoms with Gasteiger partial charge in [-0.1, -0.05) is 18.2 Å². The smallest absolute Gasteiger partial charge is 0.338 e. The lowest BCUT2D eigenvalue weighted by atomic mass is 9.41. The maximum absolute atomic E-state index is 13.8. The molecule has 4 aliphatic heterocycles. The van der Waals surface area contributed by atoms with Gasteiger partial charge >= 0.3 is 11.9 Å². The van der Waals surface area contributed by atoms with Crippen LogP contribution in [0.25, 0.3) is 0 Å². The van der Waals surface area contributed by atoms with Crippen molar-refractivity contribution in [2.45, 2.75) is 136 Å². The number of ketones is 1. The Bertz CT molecular complexity index is 1850. The van der Waals surface area contributed by atoms with E-state index in [0.29, 0.717) is 0 Å². The van der Waals surface area contributed by atoms with Crippen molar-refractivity contribution in [3.63, 3.8) is 0 Å². The van der Waals surface area contributed by atoms with Crippen LogP contribution in [0.1, 0.15) is 49.9 Å². The van der Waals surface area contributed by atoms with E-state index in [1.54, 1.807) is 25.1 Å². The van der Waals surface area contributed by atoms with E-state index in [4.69, 9.17) is 37.9 Å².